The van der Waals surface area contributed by atoms with E-state index in [0.717, 1.165) is 22.2 Å². The second-order valence-electron chi connectivity index (χ2n) is 5.26. The van der Waals surface area contributed by atoms with E-state index in [1.165, 1.54) is 0 Å². The first kappa shape index (κ1) is 17.2. The first-order valence-electron chi connectivity index (χ1n) is 7.40. The third-order valence-electron chi connectivity index (χ3n) is 3.57. The van der Waals surface area contributed by atoms with Crippen LogP contribution in [0.4, 0.5) is 5.69 Å². The van der Waals surface area contributed by atoms with Gasteiger partial charge in [-0.1, -0.05) is 11.6 Å². The summed E-state index contributed by atoms with van der Waals surface area (Å²) < 4.78 is 5.71. The normalized spacial score (nSPS) is 10.3. The zero-order valence-corrected chi connectivity index (χ0v) is 14.8. The van der Waals surface area contributed by atoms with Crippen LogP contribution < -0.4 is 5.32 Å². The minimum atomic E-state index is -0.248. The number of nitriles is 1. The van der Waals surface area contributed by atoms with E-state index in [4.69, 9.17) is 21.3 Å². The quantitative estimate of drug-likeness (QED) is 0.471. The van der Waals surface area contributed by atoms with Crippen LogP contribution in [0.15, 0.2) is 63.9 Å². The van der Waals surface area contributed by atoms with Gasteiger partial charge in [0.15, 0.2) is 0 Å². The molecule has 0 spiro atoms. The topological polar surface area (TPSA) is 66.0 Å². The number of rotatable bonds is 4. The molecule has 2 aromatic carbocycles. The molecule has 0 atom stereocenters. The number of thioether (sulfide) groups is 1. The van der Waals surface area contributed by atoms with Crippen LogP contribution in [-0.2, 0) is 0 Å². The Labute approximate surface area is 154 Å². The molecule has 0 saturated carbocycles. The van der Waals surface area contributed by atoms with Gasteiger partial charge < -0.3 is 9.73 Å². The molecular formula is C19H13ClN2O2S. The number of hydrogen-bond donors (Lipinski definition) is 1. The molecule has 3 aromatic rings. The van der Waals surface area contributed by atoms with E-state index in [-0.39, 0.29) is 5.91 Å². The van der Waals surface area contributed by atoms with Gasteiger partial charge in [-0.05, 0) is 73.3 Å². The van der Waals surface area contributed by atoms with Crippen LogP contribution in [0.5, 0.6) is 0 Å². The highest BCUT2D eigenvalue weighted by Crippen LogP contribution is 2.27. The number of amides is 1. The zero-order valence-electron chi connectivity index (χ0n) is 13.2. The van der Waals surface area contributed by atoms with Crippen molar-refractivity contribution in [2.75, 3.05) is 5.32 Å². The Bertz CT molecular complexity index is 941. The highest BCUT2D eigenvalue weighted by Gasteiger charge is 2.16. The van der Waals surface area contributed by atoms with E-state index >= 15 is 0 Å². The van der Waals surface area contributed by atoms with E-state index in [0.29, 0.717) is 27.8 Å². The number of anilines is 1. The first-order valence-corrected chi connectivity index (χ1v) is 8.60. The largest absolute Gasteiger partial charge is 0.461 e. The van der Waals surface area contributed by atoms with E-state index in [2.05, 4.69) is 5.32 Å². The van der Waals surface area contributed by atoms with Gasteiger partial charge in [-0.25, -0.2) is 0 Å². The zero-order chi connectivity index (χ0) is 17.8. The lowest BCUT2D eigenvalue weighted by Crippen LogP contribution is -2.11. The van der Waals surface area contributed by atoms with Gasteiger partial charge in [0.2, 0.25) is 0 Å². The number of carbonyl (C=O) groups excluding carboxylic acids is 1. The van der Waals surface area contributed by atoms with Crippen LogP contribution in [0, 0.1) is 17.6 Å². The molecule has 1 aromatic heterocycles. The lowest BCUT2D eigenvalue weighted by atomic mass is 10.1. The Balaban J connectivity index is 1.78. The molecule has 0 aliphatic carbocycles. The van der Waals surface area contributed by atoms with Gasteiger partial charge >= 0.3 is 0 Å². The molecule has 25 heavy (non-hydrogen) atoms. The number of hydrogen-bond acceptors (Lipinski definition) is 4. The smallest absolute Gasteiger partial charge is 0.259 e. The number of halogens is 1. The molecule has 1 amide bonds. The van der Waals surface area contributed by atoms with Crippen molar-refractivity contribution in [3.8, 4) is 16.7 Å². The number of carbonyl (C=O) groups is 1. The molecule has 0 radical (unpaired) electrons. The number of nitrogens with zero attached hydrogens (tertiary/aromatic N) is 1. The molecule has 0 fully saturated rings. The molecular weight excluding hydrogens is 356 g/mol. The summed E-state index contributed by atoms with van der Waals surface area (Å²) in [7, 11) is 0. The number of aryl methyl sites for hydroxylation is 1. The maximum Gasteiger partial charge on any atom is 0.259 e. The lowest BCUT2D eigenvalue weighted by Gasteiger charge is -2.04. The van der Waals surface area contributed by atoms with Crippen molar-refractivity contribution in [1.82, 2.24) is 0 Å². The Morgan fingerprint density at radius 3 is 2.48 bits per heavy atom. The highest BCUT2D eigenvalue weighted by molar-refractivity contribution is 8.03. The fraction of sp³-hybridized carbons (Fsp3) is 0.0526. The third-order valence-corrected chi connectivity index (χ3v) is 4.42. The molecule has 0 saturated heterocycles. The van der Waals surface area contributed by atoms with Crippen LogP contribution >= 0.6 is 23.4 Å². The maximum atomic E-state index is 12.5. The van der Waals surface area contributed by atoms with Crippen LogP contribution in [0.25, 0.3) is 11.3 Å². The van der Waals surface area contributed by atoms with E-state index in [9.17, 15) is 4.79 Å². The van der Waals surface area contributed by atoms with Gasteiger partial charge in [-0.3, -0.25) is 4.79 Å². The molecule has 4 nitrogen and oxygen atoms in total. The molecule has 0 aliphatic heterocycles. The fourth-order valence-electron chi connectivity index (χ4n) is 2.32. The Morgan fingerprint density at radius 1 is 1.16 bits per heavy atom. The fourth-order valence-corrected chi connectivity index (χ4v) is 2.82. The monoisotopic (exact) mass is 368 g/mol. The van der Waals surface area contributed by atoms with Gasteiger partial charge in [0.25, 0.3) is 5.91 Å². The summed E-state index contributed by atoms with van der Waals surface area (Å²) in [5.41, 5.74) is 1.98. The molecule has 124 valence electrons. The van der Waals surface area contributed by atoms with Crippen molar-refractivity contribution >= 4 is 35.0 Å². The summed E-state index contributed by atoms with van der Waals surface area (Å²) in [5.74, 6) is 0.904. The molecule has 6 heteroatoms. The second kappa shape index (κ2) is 7.47. The van der Waals surface area contributed by atoms with Crippen LogP contribution in [0.3, 0.4) is 0 Å². The van der Waals surface area contributed by atoms with Gasteiger partial charge in [-0.2, -0.15) is 5.26 Å². The summed E-state index contributed by atoms with van der Waals surface area (Å²) in [6, 6.07) is 16.0. The van der Waals surface area contributed by atoms with Crippen molar-refractivity contribution in [1.29, 1.82) is 5.26 Å². The van der Waals surface area contributed by atoms with Crippen molar-refractivity contribution < 1.29 is 9.21 Å². The van der Waals surface area contributed by atoms with Crippen molar-refractivity contribution in [3.63, 3.8) is 0 Å². The van der Waals surface area contributed by atoms with Gasteiger partial charge in [0.05, 0.1) is 5.56 Å². The molecule has 0 aliphatic rings. The van der Waals surface area contributed by atoms with Crippen LogP contribution in [-0.4, -0.2) is 5.91 Å². The first-order chi connectivity index (χ1) is 12.1. The van der Waals surface area contributed by atoms with E-state index in [1.807, 2.05) is 17.5 Å². The lowest BCUT2D eigenvalue weighted by molar-refractivity contribution is 0.102. The maximum absolute atomic E-state index is 12.5. The van der Waals surface area contributed by atoms with Gasteiger partial charge in [-0.15, -0.1) is 0 Å². The Kier molecular flexibility index (Phi) is 5.13. The number of thiocyanates is 1. The predicted molar refractivity (Wildman–Crippen MR) is 99.8 cm³/mol. The number of nitrogens with one attached hydrogen (secondary N) is 1. The summed E-state index contributed by atoms with van der Waals surface area (Å²) >= 11 is 6.97. The molecule has 1 heterocycles. The van der Waals surface area contributed by atoms with Crippen molar-refractivity contribution in [3.05, 3.63) is 70.9 Å². The molecule has 0 unspecified atom stereocenters. The standard InChI is InChI=1S/C19H13ClN2O2S/c1-12-17(10-18(24-12)13-2-4-14(20)5-3-13)19(23)22-15-6-8-16(9-7-15)25-11-21/h2-10H,1H3,(H,22,23). The van der Waals surface area contributed by atoms with Crippen LogP contribution in [0.1, 0.15) is 16.1 Å². The van der Waals surface area contributed by atoms with Gasteiger partial charge in [0, 0.05) is 21.2 Å². The molecule has 3 rings (SSSR count). The minimum Gasteiger partial charge on any atom is -0.461 e. The molecule has 0 bridgehead atoms. The summed E-state index contributed by atoms with van der Waals surface area (Å²) in [4.78, 5) is 13.3. The summed E-state index contributed by atoms with van der Waals surface area (Å²) in [6.07, 6.45) is 0. The Morgan fingerprint density at radius 2 is 1.84 bits per heavy atom. The average Bonchev–Trinajstić information content (AvgIpc) is 2.99. The Hall–Kier alpha value is -2.68. The van der Waals surface area contributed by atoms with Gasteiger partial charge in [0.1, 0.15) is 16.9 Å². The minimum absolute atomic E-state index is 0.248. The number of benzene rings is 2. The predicted octanol–water partition coefficient (Wildman–Crippen LogP) is 5.73. The number of furan rings is 1. The third kappa shape index (κ3) is 4.05. The van der Waals surface area contributed by atoms with E-state index < -0.39 is 0 Å². The van der Waals surface area contributed by atoms with Crippen molar-refractivity contribution in [2.24, 2.45) is 0 Å². The summed E-state index contributed by atoms with van der Waals surface area (Å²) in [6.45, 7) is 1.75. The SMILES string of the molecule is Cc1oc(-c2ccc(Cl)cc2)cc1C(=O)Nc1ccc(SC#N)cc1. The highest BCUT2D eigenvalue weighted by atomic mass is 35.5. The van der Waals surface area contributed by atoms with Crippen molar-refractivity contribution in [2.45, 2.75) is 11.8 Å². The second-order valence-corrected chi connectivity index (χ2v) is 6.55. The van der Waals surface area contributed by atoms with E-state index in [1.54, 1.807) is 49.4 Å². The summed E-state index contributed by atoms with van der Waals surface area (Å²) in [5, 5.41) is 14.1. The molecule has 1 N–H and O–H groups in total. The average molecular weight is 369 g/mol. The van der Waals surface area contributed by atoms with Crippen LogP contribution in [0.2, 0.25) is 5.02 Å².